The topological polar surface area (TPSA) is 117 Å². The fraction of sp³-hybridized carbons (Fsp3) is 0.308. The zero-order valence-electron chi connectivity index (χ0n) is 19.4. The van der Waals surface area contributed by atoms with Crippen molar-refractivity contribution in [3.05, 3.63) is 66.2 Å². The molecule has 3 atom stereocenters. The monoisotopic (exact) mass is 510 g/mol. The lowest BCUT2D eigenvalue weighted by atomic mass is 9.88. The highest BCUT2D eigenvalue weighted by atomic mass is 32.1. The Kier molecular flexibility index (Phi) is 5.56. The molecule has 3 aliphatic heterocycles. The lowest BCUT2D eigenvalue weighted by Gasteiger charge is -2.44. The molecule has 0 spiro atoms. The average molecular weight is 511 g/mol. The summed E-state index contributed by atoms with van der Waals surface area (Å²) in [6.45, 7) is 0.751. The largest absolute Gasteiger partial charge is 0.493 e. The first-order valence-corrected chi connectivity index (χ1v) is 12.1. The van der Waals surface area contributed by atoms with Crippen LogP contribution in [0, 0.1) is 0 Å². The second-order valence-electron chi connectivity index (χ2n) is 8.95. The maximum atomic E-state index is 11.6. The molecule has 1 fully saturated rings. The van der Waals surface area contributed by atoms with Gasteiger partial charge in [-0.05, 0) is 30.3 Å². The highest BCUT2D eigenvalue weighted by molar-refractivity contribution is 7.80. The molecule has 3 aliphatic rings. The number of aliphatic hydroxyl groups is 3. The van der Waals surface area contributed by atoms with Gasteiger partial charge in [0.15, 0.2) is 17.1 Å². The molecular weight excluding hydrogens is 484 g/mol. The van der Waals surface area contributed by atoms with Gasteiger partial charge in [0.25, 0.3) is 11.6 Å². The summed E-state index contributed by atoms with van der Waals surface area (Å²) in [5, 5.41) is 35.8. The van der Waals surface area contributed by atoms with Crippen LogP contribution in [0.4, 0.5) is 0 Å². The maximum Gasteiger partial charge on any atom is 0.294 e. The summed E-state index contributed by atoms with van der Waals surface area (Å²) in [6, 6.07) is 18.3. The Morgan fingerprint density at radius 2 is 1.86 bits per heavy atom. The highest BCUT2D eigenvalue weighted by Gasteiger charge is 2.62. The van der Waals surface area contributed by atoms with Crippen molar-refractivity contribution >= 4 is 34.4 Å². The van der Waals surface area contributed by atoms with Crippen molar-refractivity contribution in [2.75, 3.05) is 26.8 Å². The molecule has 0 saturated carbocycles. The standard InChI is InChI=1S/C26H26N2O7S/c1-32-18-8-4-5-9-19(18)33-13-12-28-14-21(34-24(28)36)25(29,30)26(31)16-10-11-20(35-26)22-15-6-2-3-7-17(15)27-23(16)22/h2-11,21,24,27,29-31,36H,12-14H2,1H3. The van der Waals surface area contributed by atoms with E-state index in [4.69, 9.17) is 18.9 Å². The first-order chi connectivity index (χ1) is 17.3. The molecule has 4 N–H and O–H groups in total. The van der Waals surface area contributed by atoms with E-state index in [1.54, 1.807) is 36.3 Å². The van der Waals surface area contributed by atoms with Crippen molar-refractivity contribution < 1.29 is 34.3 Å². The number of ether oxygens (including phenoxy) is 4. The molecule has 10 heteroatoms. The molecule has 188 valence electrons. The number of para-hydroxylation sites is 3. The van der Waals surface area contributed by atoms with Crippen LogP contribution in [-0.4, -0.2) is 69.5 Å². The minimum Gasteiger partial charge on any atom is -0.493 e. The summed E-state index contributed by atoms with van der Waals surface area (Å²) in [7, 11) is 1.57. The Bertz CT molecular complexity index is 1440. The van der Waals surface area contributed by atoms with Gasteiger partial charge < -0.3 is 39.3 Å². The zero-order chi connectivity index (χ0) is 25.1. The third-order valence-electron chi connectivity index (χ3n) is 6.90. The molecule has 2 bridgehead atoms. The van der Waals surface area contributed by atoms with Crippen LogP contribution >= 0.6 is 12.6 Å². The van der Waals surface area contributed by atoms with Gasteiger partial charge in [-0.1, -0.05) is 30.3 Å². The third kappa shape index (κ3) is 3.45. The molecule has 9 nitrogen and oxygen atoms in total. The maximum absolute atomic E-state index is 11.6. The summed E-state index contributed by atoms with van der Waals surface area (Å²) >= 11 is 4.45. The molecular formula is C26H26N2O7S. The van der Waals surface area contributed by atoms with Crippen LogP contribution in [0.3, 0.4) is 0 Å². The fourth-order valence-corrected chi connectivity index (χ4v) is 5.37. The van der Waals surface area contributed by atoms with Crippen molar-refractivity contribution in [3.8, 4) is 17.2 Å². The molecule has 0 amide bonds. The summed E-state index contributed by atoms with van der Waals surface area (Å²) in [5.74, 6) is -3.68. The number of benzene rings is 3. The average Bonchev–Trinajstić information content (AvgIpc) is 3.46. The first-order valence-electron chi connectivity index (χ1n) is 11.6. The van der Waals surface area contributed by atoms with Gasteiger partial charge in [0, 0.05) is 24.0 Å². The molecule has 36 heavy (non-hydrogen) atoms. The fourth-order valence-electron chi connectivity index (χ4n) is 5.01. The van der Waals surface area contributed by atoms with Gasteiger partial charge in [0.1, 0.15) is 18.5 Å². The van der Waals surface area contributed by atoms with Crippen LogP contribution in [0.2, 0.25) is 0 Å². The van der Waals surface area contributed by atoms with Gasteiger partial charge in [-0.2, -0.15) is 0 Å². The molecule has 1 saturated heterocycles. The molecule has 4 heterocycles. The molecule has 0 aliphatic carbocycles. The molecule has 0 radical (unpaired) electrons. The smallest absolute Gasteiger partial charge is 0.294 e. The number of aromatic amines is 1. The van der Waals surface area contributed by atoms with Gasteiger partial charge in [0.2, 0.25) is 0 Å². The lowest BCUT2D eigenvalue weighted by Crippen LogP contribution is -2.64. The number of hydrogen-bond acceptors (Lipinski definition) is 9. The van der Waals surface area contributed by atoms with E-state index >= 15 is 0 Å². The van der Waals surface area contributed by atoms with Crippen molar-refractivity contribution in [1.82, 2.24) is 9.88 Å². The quantitative estimate of drug-likeness (QED) is 0.190. The van der Waals surface area contributed by atoms with E-state index in [0.717, 1.165) is 16.3 Å². The minimum absolute atomic E-state index is 0.0774. The van der Waals surface area contributed by atoms with E-state index in [1.165, 1.54) is 0 Å². The van der Waals surface area contributed by atoms with Crippen LogP contribution < -0.4 is 14.2 Å². The predicted octanol–water partition coefficient (Wildman–Crippen LogP) is 2.54. The predicted molar refractivity (Wildman–Crippen MR) is 135 cm³/mol. The Morgan fingerprint density at radius 3 is 2.67 bits per heavy atom. The third-order valence-corrected chi connectivity index (χ3v) is 7.35. The summed E-state index contributed by atoms with van der Waals surface area (Å²) in [6.07, 6.45) is -1.22. The number of rotatable bonds is 7. The number of hydrogen-bond donors (Lipinski definition) is 5. The first kappa shape index (κ1) is 23.4. The molecule has 1 aromatic heterocycles. The SMILES string of the molecule is COc1ccccc1OCCN1CC(C(O)(O)C2(O)Oc3ccc2c2[nH]c4ccccc4c32)OC1S. The van der Waals surface area contributed by atoms with Crippen molar-refractivity contribution in [1.29, 1.82) is 0 Å². The number of thiol groups is 1. The van der Waals surface area contributed by atoms with Gasteiger partial charge in [-0.15, -0.1) is 12.6 Å². The van der Waals surface area contributed by atoms with E-state index in [2.05, 4.69) is 17.6 Å². The van der Waals surface area contributed by atoms with Crippen LogP contribution in [0.1, 0.15) is 5.56 Å². The van der Waals surface area contributed by atoms with E-state index in [9.17, 15) is 15.3 Å². The number of methoxy groups -OCH3 is 1. The molecule has 3 aromatic carbocycles. The van der Waals surface area contributed by atoms with Crippen LogP contribution in [0.25, 0.3) is 21.8 Å². The van der Waals surface area contributed by atoms with Gasteiger partial charge in [0.05, 0.1) is 23.6 Å². The molecule has 7 rings (SSSR count). The van der Waals surface area contributed by atoms with Crippen molar-refractivity contribution in [3.63, 3.8) is 0 Å². The van der Waals surface area contributed by atoms with Crippen molar-refractivity contribution in [2.24, 2.45) is 0 Å². The Labute approximate surface area is 212 Å². The second-order valence-corrected chi connectivity index (χ2v) is 9.39. The summed E-state index contributed by atoms with van der Waals surface area (Å²) < 4.78 is 22.7. The Hall–Kier alpha value is -2.99. The van der Waals surface area contributed by atoms with Crippen LogP contribution in [-0.2, 0) is 10.5 Å². The van der Waals surface area contributed by atoms with Gasteiger partial charge in [-0.25, -0.2) is 0 Å². The number of H-pyrrole nitrogens is 1. The van der Waals surface area contributed by atoms with E-state index in [-0.39, 0.29) is 18.7 Å². The number of nitrogens with zero attached hydrogens (tertiary/aromatic N) is 1. The van der Waals surface area contributed by atoms with E-state index < -0.39 is 23.2 Å². The Balaban J connectivity index is 1.22. The normalized spacial score (nSPS) is 23.9. The number of fused-ring (bicyclic) bond motifs is 3. The van der Waals surface area contributed by atoms with Gasteiger partial charge >= 0.3 is 0 Å². The van der Waals surface area contributed by atoms with Crippen molar-refractivity contribution in [2.45, 2.75) is 23.2 Å². The molecule has 4 aromatic rings. The Morgan fingerprint density at radius 1 is 1.11 bits per heavy atom. The van der Waals surface area contributed by atoms with Crippen LogP contribution in [0.15, 0.2) is 60.7 Å². The molecule has 3 unspecified atom stereocenters. The summed E-state index contributed by atoms with van der Waals surface area (Å²) in [5.41, 5.74) is 0.906. The highest BCUT2D eigenvalue weighted by Crippen LogP contribution is 2.50. The lowest BCUT2D eigenvalue weighted by molar-refractivity contribution is -0.381. The number of nitrogens with one attached hydrogen (secondary N) is 1. The second kappa shape index (κ2) is 8.55. The van der Waals surface area contributed by atoms with E-state index in [0.29, 0.717) is 29.3 Å². The van der Waals surface area contributed by atoms with Crippen LogP contribution in [0.5, 0.6) is 17.2 Å². The minimum atomic E-state index is -2.79. The van der Waals surface area contributed by atoms with E-state index in [1.807, 2.05) is 36.4 Å². The summed E-state index contributed by atoms with van der Waals surface area (Å²) in [4.78, 5) is 5.05. The van der Waals surface area contributed by atoms with Gasteiger partial charge in [-0.3, -0.25) is 4.90 Å². The zero-order valence-corrected chi connectivity index (χ0v) is 20.3. The number of aromatic nitrogens is 1.